The Balaban J connectivity index is 1.53. The smallest absolute Gasteiger partial charge is 0.265 e. The van der Waals surface area contributed by atoms with Crippen LogP contribution in [0.5, 0.6) is 5.75 Å². The molecule has 2 amide bonds. The lowest BCUT2D eigenvalue weighted by Gasteiger charge is -2.15. The van der Waals surface area contributed by atoms with E-state index in [0.717, 1.165) is 5.56 Å². The van der Waals surface area contributed by atoms with E-state index in [0.29, 0.717) is 28.6 Å². The van der Waals surface area contributed by atoms with Gasteiger partial charge in [-0.25, -0.2) is 0 Å². The van der Waals surface area contributed by atoms with E-state index in [9.17, 15) is 9.59 Å². The van der Waals surface area contributed by atoms with Crippen LogP contribution in [0, 0.1) is 0 Å². The molecule has 0 aromatic heterocycles. The first kappa shape index (κ1) is 20.4. The molecule has 5 nitrogen and oxygen atoms in total. The van der Waals surface area contributed by atoms with Gasteiger partial charge in [0.1, 0.15) is 5.75 Å². The fraction of sp³-hybridized carbons (Fsp3) is 0.130. The van der Waals surface area contributed by atoms with Crippen LogP contribution < -0.4 is 15.4 Å². The molecule has 29 heavy (non-hydrogen) atoms. The number of para-hydroxylation sites is 1. The number of carbonyl (C=O) groups excluding carboxylic acids is 2. The fourth-order valence-corrected chi connectivity index (χ4v) is 2.79. The summed E-state index contributed by atoms with van der Waals surface area (Å²) in [4.78, 5) is 24.6. The van der Waals surface area contributed by atoms with Crippen molar-refractivity contribution in [3.63, 3.8) is 0 Å². The average Bonchev–Trinajstić information content (AvgIpc) is 2.75. The molecule has 3 aromatic carbocycles. The van der Waals surface area contributed by atoms with Crippen molar-refractivity contribution in [2.24, 2.45) is 0 Å². The van der Waals surface area contributed by atoms with E-state index in [-0.39, 0.29) is 11.8 Å². The second kappa shape index (κ2) is 9.75. The molecule has 3 rings (SSSR count). The number of ether oxygens (including phenoxy) is 1. The van der Waals surface area contributed by atoms with Gasteiger partial charge in [-0.15, -0.1) is 0 Å². The molecule has 0 saturated heterocycles. The summed E-state index contributed by atoms with van der Waals surface area (Å²) in [6, 6.07) is 23.3. The molecule has 148 valence electrons. The van der Waals surface area contributed by atoms with E-state index in [1.54, 1.807) is 55.5 Å². The maximum absolute atomic E-state index is 12.3. The number of nitrogens with one attached hydrogen (secondary N) is 2. The summed E-state index contributed by atoms with van der Waals surface area (Å²) in [6.45, 7) is 2.10. The van der Waals surface area contributed by atoms with Crippen LogP contribution in [0.15, 0.2) is 78.9 Å². The minimum Gasteiger partial charge on any atom is -0.479 e. The van der Waals surface area contributed by atoms with Crippen LogP contribution in [0.25, 0.3) is 0 Å². The molecule has 0 spiro atoms. The van der Waals surface area contributed by atoms with Gasteiger partial charge in [0.2, 0.25) is 0 Å². The lowest BCUT2D eigenvalue weighted by Crippen LogP contribution is -2.30. The Hall–Kier alpha value is -3.31. The fourth-order valence-electron chi connectivity index (χ4n) is 2.61. The van der Waals surface area contributed by atoms with Gasteiger partial charge in [-0.3, -0.25) is 9.59 Å². The lowest BCUT2D eigenvalue weighted by molar-refractivity contribution is -0.122. The summed E-state index contributed by atoms with van der Waals surface area (Å²) in [7, 11) is 0. The maximum atomic E-state index is 12.3. The van der Waals surface area contributed by atoms with E-state index in [4.69, 9.17) is 16.3 Å². The molecular weight excluding hydrogens is 388 g/mol. The zero-order valence-corrected chi connectivity index (χ0v) is 16.6. The van der Waals surface area contributed by atoms with Crippen molar-refractivity contribution >= 4 is 29.1 Å². The maximum Gasteiger partial charge on any atom is 0.265 e. The Labute approximate surface area is 174 Å². The van der Waals surface area contributed by atoms with Gasteiger partial charge in [0, 0.05) is 17.8 Å². The number of hydrogen-bond acceptors (Lipinski definition) is 3. The van der Waals surface area contributed by atoms with E-state index in [1.165, 1.54) is 0 Å². The molecular formula is C23H21ClN2O3. The zero-order chi connectivity index (χ0) is 20.6. The highest BCUT2D eigenvalue weighted by Gasteiger charge is 2.16. The molecule has 1 unspecified atom stereocenters. The van der Waals surface area contributed by atoms with Crippen molar-refractivity contribution in [1.82, 2.24) is 5.32 Å². The molecule has 0 aliphatic rings. The van der Waals surface area contributed by atoms with Crippen LogP contribution in [-0.2, 0) is 11.3 Å². The third-order valence-corrected chi connectivity index (χ3v) is 4.53. The van der Waals surface area contributed by atoms with Gasteiger partial charge in [-0.05, 0) is 48.9 Å². The van der Waals surface area contributed by atoms with Crippen LogP contribution in [-0.4, -0.2) is 17.9 Å². The molecule has 0 heterocycles. The van der Waals surface area contributed by atoms with Gasteiger partial charge in [0.25, 0.3) is 11.8 Å². The number of rotatable bonds is 7. The van der Waals surface area contributed by atoms with Gasteiger partial charge in [0.15, 0.2) is 6.10 Å². The first-order chi connectivity index (χ1) is 14.0. The predicted octanol–water partition coefficient (Wildman–Crippen LogP) is 4.68. The van der Waals surface area contributed by atoms with Crippen molar-refractivity contribution in [3.05, 3.63) is 95.0 Å². The van der Waals surface area contributed by atoms with Crippen molar-refractivity contribution in [2.45, 2.75) is 19.6 Å². The third-order valence-electron chi connectivity index (χ3n) is 4.22. The molecule has 0 aliphatic carbocycles. The predicted molar refractivity (Wildman–Crippen MR) is 114 cm³/mol. The number of benzene rings is 3. The summed E-state index contributed by atoms with van der Waals surface area (Å²) in [5.41, 5.74) is 2.11. The van der Waals surface area contributed by atoms with Crippen LogP contribution in [0.3, 0.4) is 0 Å². The highest BCUT2D eigenvalue weighted by molar-refractivity contribution is 6.32. The van der Waals surface area contributed by atoms with Gasteiger partial charge in [0.05, 0.1) is 5.02 Å². The zero-order valence-electron chi connectivity index (χ0n) is 15.9. The van der Waals surface area contributed by atoms with Crippen LogP contribution in [0.1, 0.15) is 22.8 Å². The van der Waals surface area contributed by atoms with Gasteiger partial charge in [-0.1, -0.05) is 54.1 Å². The van der Waals surface area contributed by atoms with E-state index in [1.807, 2.05) is 30.3 Å². The molecule has 0 aliphatic heterocycles. The number of amides is 2. The summed E-state index contributed by atoms with van der Waals surface area (Å²) in [5.74, 6) is -0.0457. The summed E-state index contributed by atoms with van der Waals surface area (Å²) in [6.07, 6.45) is -0.733. The SMILES string of the molecule is CC(Oc1ccccc1Cl)C(=O)Nc1ccc(C(=O)NCc2ccccc2)cc1. The number of carbonyl (C=O) groups is 2. The van der Waals surface area contributed by atoms with Crippen molar-refractivity contribution in [1.29, 1.82) is 0 Å². The quantitative estimate of drug-likeness (QED) is 0.596. The Bertz CT molecular complexity index is 975. The Morgan fingerprint density at radius 1 is 0.931 bits per heavy atom. The minimum atomic E-state index is -0.733. The molecule has 0 bridgehead atoms. The summed E-state index contributed by atoms with van der Waals surface area (Å²) in [5, 5.41) is 6.08. The normalized spacial score (nSPS) is 11.4. The Morgan fingerprint density at radius 2 is 1.59 bits per heavy atom. The molecule has 6 heteroatoms. The molecule has 0 fully saturated rings. The first-order valence-electron chi connectivity index (χ1n) is 9.17. The number of halogens is 1. The van der Waals surface area contributed by atoms with E-state index < -0.39 is 6.10 Å². The summed E-state index contributed by atoms with van der Waals surface area (Å²) >= 11 is 6.05. The summed E-state index contributed by atoms with van der Waals surface area (Å²) < 4.78 is 5.61. The lowest BCUT2D eigenvalue weighted by atomic mass is 10.1. The van der Waals surface area contributed by atoms with Crippen molar-refractivity contribution in [3.8, 4) is 5.75 Å². The Kier molecular flexibility index (Phi) is 6.87. The van der Waals surface area contributed by atoms with Gasteiger partial charge >= 0.3 is 0 Å². The molecule has 0 saturated carbocycles. The molecule has 1 atom stereocenters. The second-order valence-corrected chi connectivity index (χ2v) is 6.83. The molecule has 0 radical (unpaired) electrons. The molecule has 2 N–H and O–H groups in total. The van der Waals surface area contributed by atoms with Crippen LogP contribution in [0.2, 0.25) is 5.02 Å². The van der Waals surface area contributed by atoms with Crippen LogP contribution >= 0.6 is 11.6 Å². The van der Waals surface area contributed by atoms with Crippen molar-refractivity contribution in [2.75, 3.05) is 5.32 Å². The first-order valence-corrected chi connectivity index (χ1v) is 9.55. The van der Waals surface area contributed by atoms with Gasteiger partial charge < -0.3 is 15.4 Å². The topological polar surface area (TPSA) is 67.4 Å². The van der Waals surface area contributed by atoms with E-state index >= 15 is 0 Å². The van der Waals surface area contributed by atoms with Crippen molar-refractivity contribution < 1.29 is 14.3 Å². The van der Waals surface area contributed by atoms with E-state index in [2.05, 4.69) is 10.6 Å². The van der Waals surface area contributed by atoms with Gasteiger partial charge in [-0.2, -0.15) is 0 Å². The molecule has 3 aromatic rings. The Morgan fingerprint density at radius 3 is 2.28 bits per heavy atom. The standard InChI is InChI=1S/C23H21ClN2O3/c1-16(29-21-10-6-5-9-20(21)24)22(27)26-19-13-11-18(12-14-19)23(28)25-15-17-7-3-2-4-8-17/h2-14,16H,15H2,1H3,(H,25,28)(H,26,27). The van der Waals surface area contributed by atoms with Crippen LogP contribution in [0.4, 0.5) is 5.69 Å². The highest BCUT2D eigenvalue weighted by atomic mass is 35.5. The minimum absolute atomic E-state index is 0.179. The average molecular weight is 409 g/mol. The highest BCUT2D eigenvalue weighted by Crippen LogP contribution is 2.24. The largest absolute Gasteiger partial charge is 0.479 e. The number of hydrogen-bond donors (Lipinski definition) is 2. The number of anilines is 1. The monoisotopic (exact) mass is 408 g/mol. The second-order valence-electron chi connectivity index (χ2n) is 6.43. The third kappa shape index (κ3) is 5.83.